The molecule has 0 saturated heterocycles. The molecule has 0 atom stereocenters. The van der Waals surface area contributed by atoms with Crippen molar-refractivity contribution in [2.24, 2.45) is 0 Å². The summed E-state index contributed by atoms with van der Waals surface area (Å²) in [7, 11) is 0. The van der Waals surface area contributed by atoms with E-state index in [2.05, 4.69) is 97.9 Å². The average Bonchev–Trinajstić information content (AvgIpc) is 2.76. The second-order valence-electron chi connectivity index (χ2n) is 5.73. The van der Waals surface area contributed by atoms with E-state index in [9.17, 15) is 0 Å². The fourth-order valence-corrected chi connectivity index (χ4v) is 2.79. The minimum absolute atomic E-state index is 0.530. The zero-order chi connectivity index (χ0) is 18.9. The molecule has 1 heterocycles. The van der Waals surface area contributed by atoms with Crippen LogP contribution in [0.4, 0.5) is 0 Å². The van der Waals surface area contributed by atoms with Gasteiger partial charge in [-0.3, -0.25) is 0 Å². The Morgan fingerprint density at radius 1 is 0.481 bits per heavy atom. The molecule has 4 aromatic rings. The standard InChI is InChI=1S/C23H17O.I3/c1-4-10-18(11-5-1)21-16-22(19-12-6-2-7-13-19)24-23(17-21)20-14-8-3-9-15-20;1-3-2/h1-17H;/q+1;-1. The van der Waals surface area contributed by atoms with Crippen molar-refractivity contribution in [3.05, 3.63) is 103 Å². The van der Waals surface area contributed by atoms with Gasteiger partial charge in [-0.15, -0.1) is 0 Å². The molecule has 1 nitrogen and oxygen atoms in total. The Bertz CT molecular complexity index is 819. The molecule has 4 heteroatoms. The predicted octanol–water partition coefficient (Wildman–Crippen LogP) is 5.34. The van der Waals surface area contributed by atoms with Gasteiger partial charge in [-0.05, 0) is 29.8 Å². The van der Waals surface area contributed by atoms with Crippen molar-refractivity contribution in [1.82, 2.24) is 0 Å². The van der Waals surface area contributed by atoms with Crippen LogP contribution in [0.5, 0.6) is 0 Å². The first-order chi connectivity index (χ1) is 13.3. The topological polar surface area (TPSA) is 11.3 Å². The van der Waals surface area contributed by atoms with E-state index >= 15 is 0 Å². The van der Waals surface area contributed by atoms with Crippen LogP contribution in [0.3, 0.4) is 0 Å². The Kier molecular flexibility index (Phi) is 8.53. The van der Waals surface area contributed by atoms with Gasteiger partial charge in [0, 0.05) is 5.56 Å². The summed E-state index contributed by atoms with van der Waals surface area (Å²) in [5.74, 6) is 1.74. The monoisotopic (exact) mass is 690 g/mol. The van der Waals surface area contributed by atoms with Gasteiger partial charge in [0.15, 0.2) is 0 Å². The van der Waals surface area contributed by atoms with Crippen molar-refractivity contribution in [2.45, 2.75) is 0 Å². The fourth-order valence-electron chi connectivity index (χ4n) is 2.79. The molecule has 0 aliphatic rings. The molecule has 0 bridgehead atoms. The van der Waals surface area contributed by atoms with Gasteiger partial charge in [0.1, 0.15) is 0 Å². The second kappa shape index (κ2) is 11.1. The Balaban J connectivity index is 0.000000659. The summed E-state index contributed by atoms with van der Waals surface area (Å²) in [6, 6.07) is 35.1. The molecule has 4 rings (SSSR count). The summed E-state index contributed by atoms with van der Waals surface area (Å²) in [4.78, 5) is 0. The van der Waals surface area contributed by atoms with Crippen LogP contribution < -0.4 is 13.3 Å². The van der Waals surface area contributed by atoms with Gasteiger partial charge < -0.3 is 0 Å². The molecule has 0 aliphatic heterocycles. The summed E-state index contributed by atoms with van der Waals surface area (Å²) in [5.41, 5.74) is 4.49. The SMILES string of the molecule is I[I-]I.c1ccc(-c2cc(-c3ccccc3)[o+]c(-c3ccccc3)c2)cc1. The molecular weight excluding hydrogens is 673 g/mol. The third-order valence-electron chi connectivity index (χ3n) is 4.02. The van der Waals surface area contributed by atoms with Crippen LogP contribution in [-0.2, 0) is 0 Å². The van der Waals surface area contributed by atoms with Gasteiger partial charge in [0.05, 0.1) is 23.3 Å². The summed E-state index contributed by atoms with van der Waals surface area (Å²) in [5, 5.41) is 0. The van der Waals surface area contributed by atoms with Gasteiger partial charge >= 0.3 is 62.0 Å². The minimum atomic E-state index is 0.530. The number of halogens is 3. The first-order valence-corrected chi connectivity index (χ1v) is 20.9. The van der Waals surface area contributed by atoms with Crippen LogP contribution in [-0.4, -0.2) is 0 Å². The molecule has 0 fully saturated rings. The Morgan fingerprint density at radius 3 is 1.19 bits per heavy atom. The number of hydrogen-bond acceptors (Lipinski definition) is 0. The van der Waals surface area contributed by atoms with E-state index in [4.69, 9.17) is 4.42 Å². The first kappa shape index (κ1) is 20.7. The zero-order valence-electron chi connectivity index (χ0n) is 14.4. The quantitative estimate of drug-likeness (QED) is 0.209. The maximum absolute atomic E-state index is 6.21. The van der Waals surface area contributed by atoms with E-state index < -0.39 is 0 Å². The number of hydrogen-bond donors (Lipinski definition) is 0. The van der Waals surface area contributed by atoms with Crippen molar-refractivity contribution >= 4 is 37.2 Å². The summed E-state index contributed by atoms with van der Waals surface area (Å²) < 4.78 is 6.21. The third-order valence-corrected chi connectivity index (χ3v) is 4.02. The molecule has 136 valence electrons. The molecule has 0 amide bonds. The van der Waals surface area contributed by atoms with Gasteiger partial charge in [0.2, 0.25) is 0 Å². The fraction of sp³-hybridized carbons (Fsp3) is 0. The van der Waals surface area contributed by atoms with Gasteiger partial charge in [-0.25, -0.2) is 4.42 Å². The summed E-state index contributed by atoms with van der Waals surface area (Å²) >= 11 is 5.30. The maximum atomic E-state index is 6.21. The van der Waals surface area contributed by atoms with E-state index in [1.54, 1.807) is 0 Å². The number of rotatable bonds is 3. The zero-order valence-corrected chi connectivity index (χ0v) is 20.8. The normalized spacial score (nSPS) is 10.1. The Labute approximate surface area is 189 Å². The Hall–Kier alpha value is -1.000. The van der Waals surface area contributed by atoms with Gasteiger partial charge in [0.25, 0.3) is 0 Å². The minimum Gasteiger partial charge on any atom is -0.207 e. The molecule has 3 aromatic carbocycles. The molecular formula is C23H17I3O. The maximum Gasteiger partial charge on any atom is 0.361 e. The largest absolute Gasteiger partial charge is 0.361 e. The van der Waals surface area contributed by atoms with E-state index in [-0.39, 0.29) is 0 Å². The second-order valence-corrected chi connectivity index (χ2v) is 22.0. The van der Waals surface area contributed by atoms with Crippen molar-refractivity contribution in [2.75, 3.05) is 0 Å². The molecule has 0 N–H and O–H groups in total. The van der Waals surface area contributed by atoms with Crippen LogP contribution in [0, 0.1) is 0 Å². The molecule has 27 heavy (non-hydrogen) atoms. The molecule has 0 saturated carbocycles. The van der Waals surface area contributed by atoms with E-state index in [0.29, 0.717) is 13.3 Å². The number of benzene rings is 3. The third kappa shape index (κ3) is 5.99. The Morgan fingerprint density at radius 2 is 0.815 bits per heavy atom. The van der Waals surface area contributed by atoms with Crippen LogP contribution in [0.15, 0.2) is 108 Å². The molecule has 1 aromatic heterocycles. The smallest absolute Gasteiger partial charge is 0.207 e. The van der Waals surface area contributed by atoms with Gasteiger partial charge in [-0.2, -0.15) is 0 Å². The van der Waals surface area contributed by atoms with Crippen molar-refractivity contribution in [3.63, 3.8) is 0 Å². The van der Waals surface area contributed by atoms with Crippen molar-refractivity contribution < 1.29 is 17.7 Å². The van der Waals surface area contributed by atoms with Crippen LogP contribution in [0.1, 0.15) is 0 Å². The van der Waals surface area contributed by atoms with E-state index in [0.717, 1.165) is 28.2 Å². The average molecular weight is 690 g/mol. The van der Waals surface area contributed by atoms with Crippen LogP contribution >= 0.6 is 37.2 Å². The molecule has 0 radical (unpaired) electrons. The molecule has 0 spiro atoms. The summed E-state index contributed by atoms with van der Waals surface area (Å²) in [6.45, 7) is 0. The molecule has 0 unspecified atom stereocenters. The van der Waals surface area contributed by atoms with E-state index in [1.165, 1.54) is 5.56 Å². The predicted molar refractivity (Wildman–Crippen MR) is 127 cm³/mol. The van der Waals surface area contributed by atoms with Crippen molar-refractivity contribution in [3.8, 4) is 33.8 Å². The van der Waals surface area contributed by atoms with Crippen molar-refractivity contribution in [1.29, 1.82) is 0 Å². The van der Waals surface area contributed by atoms with E-state index in [1.807, 2.05) is 42.5 Å². The van der Waals surface area contributed by atoms with Crippen LogP contribution in [0.2, 0.25) is 0 Å². The summed E-state index contributed by atoms with van der Waals surface area (Å²) in [6.07, 6.45) is 0. The van der Waals surface area contributed by atoms with Gasteiger partial charge in [-0.1, -0.05) is 66.7 Å². The van der Waals surface area contributed by atoms with Crippen LogP contribution in [0.25, 0.3) is 33.8 Å². The molecule has 0 aliphatic carbocycles. The first-order valence-electron chi connectivity index (χ1n) is 8.33.